The Kier molecular flexibility index (Phi) is 3.69. The summed E-state index contributed by atoms with van der Waals surface area (Å²) >= 11 is 0. The maximum Gasteiger partial charge on any atom is 0.407 e. The lowest BCUT2D eigenvalue weighted by molar-refractivity contribution is -0.146. The van der Waals surface area contributed by atoms with Gasteiger partial charge in [-0.2, -0.15) is 0 Å². The molecular formula is C12H21F2NO2. The van der Waals surface area contributed by atoms with Gasteiger partial charge in [-0.3, -0.25) is 0 Å². The predicted molar refractivity (Wildman–Crippen MR) is 61.1 cm³/mol. The topological polar surface area (TPSA) is 38.3 Å². The standard InChI is InChI=1S/C12H21F2NO2/c1-10(2,3)11(17-9(16)15-4)5-7-12(13,14)8-6-11/h5-8H2,1-4H3,(H,15,16). The van der Waals surface area contributed by atoms with Crippen molar-refractivity contribution in [1.82, 2.24) is 5.32 Å². The minimum Gasteiger partial charge on any atom is -0.442 e. The van der Waals surface area contributed by atoms with Crippen molar-refractivity contribution in [2.75, 3.05) is 7.05 Å². The van der Waals surface area contributed by atoms with Crippen molar-refractivity contribution in [3.05, 3.63) is 0 Å². The highest BCUT2D eigenvalue weighted by atomic mass is 19.3. The van der Waals surface area contributed by atoms with Crippen LogP contribution in [0.15, 0.2) is 0 Å². The molecule has 1 aliphatic carbocycles. The fourth-order valence-corrected chi connectivity index (χ4v) is 2.25. The van der Waals surface area contributed by atoms with Crippen LogP contribution >= 0.6 is 0 Å². The molecule has 0 atom stereocenters. The number of carbonyl (C=O) groups is 1. The third-order valence-electron chi connectivity index (χ3n) is 3.65. The van der Waals surface area contributed by atoms with E-state index in [0.717, 1.165) is 0 Å². The number of nitrogens with one attached hydrogen (secondary N) is 1. The third-order valence-corrected chi connectivity index (χ3v) is 3.65. The van der Waals surface area contributed by atoms with Crippen LogP contribution in [0.2, 0.25) is 0 Å². The summed E-state index contributed by atoms with van der Waals surface area (Å²) in [5.41, 5.74) is -1.15. The van der Waals surface area contributed by atoms with E-state index >= 15 is 0 Å². The maximum atomic E-state index is 13.2. The van der Waals surface area contributed by atoms with E-state index in [1.165, 1.54) is 7.05 Å². The fraction of sp³-hybridized carbons (Fsp3) is 0.917. The van der Waals surface area contributed by atoms with Crippen molar-refractivity contribution >= 4 is 6.09 Å². The Hall–Kier alpha value is -0.870. The molecule has 0 unspecified atom stereocenters. The van der Waals surface area contributed by atoms with E-state index in [0.29, 0.717) is 0 Å². The van der Waals surface area contributed by atoms with Gasteiger partial charge >= 0.3 is 6.09 Å². The summed E-state index contributed by atoms with van der Waals surface area (Å²) in [5.74, 6) is -2.62. The summed E-state index contributed by atoms with van der Waals surface area (Å²) in [6.45, 7) is 5.75. The van der Waals surface area contributed by atoms with Crippen LogP contribution in [-0.4, -0.2) is 24.7 Å². The molecule has 1 aliphatic rings. The highest BCUT2D eigenvalue weighted by Crippen LogP contribution is 2.49. The first-order valence-corrected chi connectivity index (χ1v) is 5.90. The van der Waals surface area contributed by atoms with Crippen LogP contribution in [0.4, 0.5) is 13.6 Å². The van der Waals surface area contributed by atoms with Gasteiger partial charge in [-0.25, -0.2) is 13.6 Å². The maximum absolute atomic E-state index is 13.2. The summed E-state index contributed by atoms with van der Waals surface area (Å²) in [5, 5.41) is 2.38. The summed E-state index contributed by atoms with van der Waals surface area (Å²) in [4.78, 5) is 11.4. The van der Waals surface area contributed by atoms with Gasteiger partial charge in [0.1, 0.15) is 5.60 Å². The Bertz CT molecular complexity index is 287. The summed E-state index contributed by atoms with van der Waals surface area (Å²) in [6.07, 6.45) is -0.582. The molecule has 0 spiro atoms. The molecule has 0 radical (unpaired) electrons. The first-order valence-electron chi connectivity index (χ1n) is 5.90. The lowest BCUT2D eigenvalue weighted by Gasteiger charge is -2.47. The van der Waals surface area contributed by atoms with Gasteiger partial charge in [-0.1, -0.05) is 20.8 Å². The van der Waals surface area contributed by atoms with Crippen molar-refractivity contribution in [2.45, 2.75) is 58.0 Å². The van der Waals surface area contributed by atoms with Crippen molar-refractivity contribution in [1.29, 1.82) is 0 Å². The number of ether oxygens (including phenoxy) is 1. The van der Waals surface area contributed by atoms with Crippen LogP contribution in [0.1, 0.15) is 46.5 Å². The molecule has 1 fully saturated rings. The summed E-state index contributed by atoms with van der Waals surface area (Å²) < 4.78 is 31.8. The Labute approximate surface area is 101 Å². The Morgan fingerprint density at radius 1 is 1.18 bits per heavy atom. The van der Waals surface area contributed by atoms with Gasteiger partial charge in [0.2, 0.25) is 5.92 Å². The molecule has 1 amide bonds. The van der Waals surface area contributed by atoms with E-state index < -0.39 is 17.6 Å². The van der Waals surface area contributed by atoms with E-state index in [4.69, 9.17) is 4.74 Å². The van der Waals surface area contributed by atoms with Gasteiger partial charge in [0.05, 0.1) is 0 Å². The van der Waals surface area contributed by atoms with Gasteiger partial charge in [0.15, 0.2) is 0 Å². The van der Waals surface area contributed by atoms with E-state index in [2.05, 4.69) is 5.32 Å². The van der Waals surface area contributed by atoms with Crippen LogP contribution in [0.3, 0.4) is 0 Å². The molecule has 100 valence electrons. The number of alkyl halides is 2. The molecule has 0 aromatic rings. The molecule has 0 aliphatic heterocycles. The van der Waals surface area contributed by atoms with Crippen molar-refractivity contribution in [3.8, 4) is 0 Å². The van der Waals surface area contributed by atoms with Gasteiger partial charge in [0.25, 0.3) is 0 Å². The van der Waals surface area contributed by atoms with Crippen molar-refractivity contribution in [3.63, 3.8) is 0 Å². The lowest BCUT2D eigenvalue weighted by atomic mass is 9.67. The van der Waals surface area contributed by atoms with Gasteiger partial charge in [0, 0.05) is 25.3 Å². The van der Waals surface area contributed by atoms with Crippen LogP contribution in [0.25, 0.3) is 0 Å². The number of halogens is 2. The van der Waals surface area contributed by atoms with Gasteiger partial charge in [-0.15, -0.1) is 0 Å². The number of carbonyl (C=O) groups excluding carboxylic acids is 1. The number of hydrogen-bond donors (Lipinski definition) is 1. The van der Waals surface area contributed by atoms with Crippen LogP contribution in [-0.2, 0) is 4.74 Å². The zero-order valence-electron chi connectivity index (χ0n) is 10.9. The second kappa shape index (κ2) is 4.42. The average molecular weight is 249 g/mol. The predicted octanol–water partition coefficient (Wildman–Crippen LogP) is 3.34. The van der Waals surface area contributed by atoms with Crippen molar-refractivity contribution < 1.29 is 18.3 Å². The second-order valence-electron chi connectivity index (χ2n) is 5.74. The van der Waals surface area contributed by atoms with E-state index in [1.807, 2.05) is 20.8 Å². The highest BCUT2D eigenvalue weighted by molar-refractivity contribution is 5.67. The summed E-state index contributed by atoms with van der Waals surface area (Å²) in [6, 6.07) is 0. The van der Waals surface area contributed by atoms with E-state index in [-0.39, 0.29) is 31.1 Å². The number of hydrogen-bond acceptors (Lipinski definition) is 2. The number of amides is 1. The fourth-order valence-electron chi connectivity index (χ4n) is 2.25. The molecule has 1 N–H and O–H groups in total. The lowest BCUT2D eigenvalue weighted by Crippen LogP contribution is -2.52. The normalized spacial score (nSPS) is 22.9. The Morgan fingerprint density at radius 3 is 2.00 bits per heavy atom. The molecular weight excluding hydrogens is 228 g/mol. The van der Waals surface area contributed by atoms with Gasteiger partial charge < -0.3 is 10.1 Å². The van der Waals surface area contributed by atoms with Crippen LogP contribution < -0.4 is 5.32 Å². The highest BCUT2D eigenvalue weighted by Gasteiger charge is 2.52. The molecule has 0 saturated heterocycles. The number of rotatable bonds is 1. The third kappa shape index (κ3) is 3.07. The average Bonchev–Trinajstić information content (AvgIpc) is 2.19. The minimum absolute atomic E-state index is 0.205. The molecule has 3 nitrogen and oxygen atoms in total. The van der Waals surface area contributed by atoms with Crippen LogP contribution in [0.5, 0.6) is 0 Å². The number of alkyl carbamates (subject to hydrolysis) is 1. The minimum atomic E-state index is -2.62. The smallest absolute Gasteiger partial charge is 0.407 e. The molecule has 17 heavy (non-hydrogen) atoms. The van der Waals surface area contributed by atoms with Crippen LogP contribution in [0, 0.1) is 5.41 Å². The molecule has 1 saturated carbocycles. The Balaban J connectivity index is 2.87. The Morgan fingerprint density at radius 2 is 1.65 bits per heavy atom. The van der Waals surface area contributed by atoms with E-state index in [9.17, 15) is 13.6 Å². The quantitative estimate of drug-likeness (QED) is 0.774. The van der Waals surface area contributed by atoms with Crippen molar-refractivity contribution in [2.24, 2.45) is 5.41 Å². The second-order valence-corrected chi connectivity index (χ2v) is 5.74. The summed E-state index contributed by atoms with van der Waals surface area (Å²) in [7, 11) is 1.47. The molecule has 5 heteroatoms. The molecule has 0 bridgehead atoms. The first-order chi connectivity index (χ1) is 7.62. The van der Waals surface area contributed by atoms with Gasteiger partial charge in [-0.05, 0) is 12.8 Å². The molecule has 1 rings (SSSR count). The SMILES string of the molecule is CNC(=O)OC1(C(C)(C)C)CCC(F)(F)CC1. The largest absolute Gasteiger partial charge is 0.442 e. The molecule has 0 heterocycles. The molecule has 0 aromatic heterocycles. The first kappa shape index (κ1) is 14.2. The monoisotopic (exact) mass is 249 g/mol. The zero-order chi connectivity index (χ0) is 13.3. The molecule has 0 aromatic carbocycles. The zero-order valence-corrected chi connectivity index (χ0v) is 10.9. The van der Waals surface area contributed by atoms with E-state index in [1.54, 1.807) is 0 Å².